The van der Waals surface area contributed by atoms with E-state index in [1.807, 2.05) is 0 Å². The molecule has 1 aromatic rings. The highest BCUT2D eigenvalue weighted by molar-refractivity contribution is 6.31. The van der Waals surface area contributed by atoms with Gasteiger partial charge in [0.25, 0.3) is 0 Å². The molecule has 1 aliphatic heterocycles. The van der Waals surface area contributed by atoms with Crippen molar-refractivity contribution in [3.63, 3.8) is 0 Å². The fourth-order valence-corrected chi connectivity index (χ4v) is 3.49. The lowest BCUT2D eigenvalue weighted by Crippen LogP contribution is -2.20. The van der Waals surface area contributed by atoms with E-state index in [4.69, 9.17) is 11.6 Å². The maximum absolute atomic E-state index is 6.45. The summed E-state index contributed by atoms with van der Waals surface area (Å²) < 4.78 is 0. The molecule has 1 unspecified atom stereocenters. The Balaban J connectivity index is 1.91. The van der Waals surface area contributed by atoms with Gasteiger partial charge in [-0.2, -0.15) is 0 Å². The van der Waals surface area contributed by atoms with Crippen LogP contribution in [0.1, 0.15) is 54.8 Å². The van der Waals surface area contributed by atoms with Gasteiger partial charge in [0.15, 0.2) is 0 Å². The van der Waals surface area contributed by atoms with Crippen LogP contribution < -0.4 is 5.32 Å². The molecule has 1 nitrogen and oxygen atoms in total. The summed E-state index contributed by atoms with van der Waals surface area (Å²) in [6.45, 7) is 1.14. The maximum Gasteiger partial charge on any atom is 0.0456 e. The van der Waals surface area contributed by atoms with Crippen molar-refractivity contribution >= 4 is 11.6 Å². The smallest absolute Gasteiger partial charge is 0.0456 e. The molecular formula is C15H20ClN. The normalized spacial score (nSPS) is 24.4. The molecule has 0 amide bonds. The van der Waals surface area contributed by atoms with E-state index in [1.165, 1.54) is 61.6 Å². The van der Waals surface area contributed by atoms with E-state index in [-0.39, 0.29) is 0 Å². The standard InChI is InChI=1S/C15H20ClN/c16-14-10-12-6-4-5-11(12)9-13(14)15-7-2-1-3-8-17-15/h9-10,15,17H,1-8H2. The minimum Gasteiger partial charge on any atom is -0.310 e. The summed E-state index contributed by atoms with van der Waals surface area (Å²) in [7, 11) is 0. The van der Waals surface area contributed by atoms with Crippen LogP contribution in [0.15, 0.2) is 12.1 Å². The Morgan fingerprint density at radius 2 is 1.82 bits per heavy atom. The van der Waals surface area contributed by atoms with Gasteiger partial charge in [0.2, 0.25) is 0 Å². The van der Waals surface area contributed by atoms with Crippen molar-refractivity contribution in [3.05, 3.63) is 33.8 Å². The predicted octanol–water partition coefficient (Wildman–Crippen LogP) is 4.03. The number of benzene rings is 1. The Morgan fingerprint density at radius 1 is 1.00 bits per heavy atom. The third kappa shape index (κ3) is 2.36. The van der Waals surface area contributed by atoms with Crippen LogP contribution in [-0.4, -0.2) is 6.54 Å². The van der Waals surface area contributed by atoms with Gasteiger partial charge in [-0.05, 0) is 61.4 Å². The summed E-state index contributed by atoms with van der Waals surface area (Å²) in [5.74, 6) is 0. The molecule has 0 spiro atoms. The molecule has 92 valence electrons. The maximum atomic E-state index is 6.45. The van der Waals surface area contributed by atoms with Crippen molar-refractivity contribution in [1.82, 2.24) is 5.32 Å². The molecule has 2 heteroatoms. The quantitative estimate of drug-likeness (QED) is 0.792. The second-order valence-electron chi connectivity index (χ2n) is 5.35. The van der Waals surface area contributed by atoms with Gasteiger partial charge in [0.05, 0.1) is 0 Å². The molecule has 0 bridgehead atoms. The molecule has 17 heavy (non-hydrogen) atoms. The molecule has 2 aliphatic rings. The van der Waals surface area contributed by atoms with Crippen LogP contribution in [-0.2, 0) is 12.8 Å². The van der Waals surface area contributed by atoms with Gasteiger partial charge in [0.1, 0.15) is 0 Å². The van der Waals surface area contributed by atoms with Crippen molar-refractivity contribution in [3.8, 4) is 0 Å². The lowest BCUT2D eigenvalue weighted by Gasteiger charge is -2.19. The summed E-state index contributed by atoms with van der Waals surface area (Å²) in [6, 6.07) is 5.07. The summed E-state index contributed by atoms with van der Waals surface area (Å²) in [5, 5.41) is 4.62. The lowest BCUT2D eigenvalue weighted by molar-refractivity contribution is 0.534. The summed E-state index contributed by atoms with van der Waals surface area (Å²) in [4.78, 5) is 0. The van der Waals surface area contributed by atoms with Gasteiger partial charge in [-0.1, -0.05) is 30.5 Å². The minimum absolute atomic E-state index is 0.482. The zero-order valence-electron chi connectivity index (χ0n) is 10.3. The van der Waals surface area contributed by atoms with Crippen LogP contribution in [0.2, 0.25) is 5.02 Å². The SMILES string of the molecule is Clc1cc2c(cc1C1CCCCCN1)CCC2. The van der Waals surface area contributed by atoms with Crippen LogP contribution in [0.3, 0.4) is 0 Å². The Hall–Kier alpha value is -0.530. The molecule has 1 aromatic carbocycles. The Kier molecular flexibility index (Phi) is 3.39. The summed E-state index contributed by atoms with van der Waals surface area (Å²) in [5.41, 5.74) is 4.36. The number of hydrogen-bond acceptors (Lipinski definition) is 1. The van der Waals surface area contributed by atoms with Gasteiger partial charge in [0, 0.05) is 11.1 Å². The average molecular weight is 250 g/mol. The number of aryl methyl sites for hydroxylation is 2. The first-order valence-electron chi connectivity index (χ1n) is 6.89. The largest absolute Gasteiger partial charge is 0.310 e. The monoisotopic (exact) mass is 249 g/mol. The predicted molar refractivity (Wildman–Crippen MR) is 72.7 cm³/mol. The minimum atomic E-state index is 0.482. The van der Waals surface area contributed by atoms with Crippen LogP contribution in [0.4, 0.5) is 0 Å². The Labute approximate surface area is 109 Å². The molecule has 1 aliphatic carbocycles. The van der Waals surface area contributed by atoms with E-state index >= 15 is 0 Å². The van der Waals surface area contributed by atoms with Crippen molar-refractivity contribution < 1.29 is 0 Å². The van der Waals surface area contributed by atoms with Crippen LogP contribution in [0, 0.1) is 0 Å². The number of halogens is 1. The average Bonchev–Trinajstić information content (AvgIpc) is 2.62. The third-order valence-electron chi connectivity index (χ3n) is 4.15. The summed E-state index contributed by atoms with van der Waals surface area (Å²) >= 11 is 6.45. The fourth-order valence-electron chi connectivity index (χ4n) is 3.17. The highest BCUT2D eigenvalue weighted by Gasteiger charge is 2.20. The van der Waals surface area contributed by atoms with Crippen LogP contribution >= 0.6 is 11.6 Å². The lowest BCUT2D eigenvalue weighted by atomic mass is 9.98. The fraction of sp³-hybridized carbons (Fsp3) is 0.600. The second-order valence-corrected chi connectivity index (χ2v) is 5.76. The molecule has 1 N–H and O–H groups in total. The highest BCUT2D eigenvalue weighted by Crippen LogP contribution is 2.34. The third-order valence-corrected chi connectivity index (χ3v) is 4.47. The van der Waals surface area contributed by atoms with Gasteiger partial charge in [-0.25, -0.2) is 0 Å². The van der Waals surface area contributed by atoms with Crippen molar-refractivity contribution in [2.45, 2.75) is 51.0 Å². The first-order valence-corrected chi connectivity index (χ1v) is 7.27. The molecular weight excluding hydrogens is 230 g/mol. The van der Waals surface area contributed by atoms with Gasteiger partial charge < -0.3 is 5.32 Å². The molecule has 1 saturated heterocycles. The molecule has 1 heterocycles. The molecule has 1 atom stereocenters. The molecule has 1 fully saturated rings. The highest BCUT2D eigenvalue weighted by atomic mass is 35.5. The van der Waals surface area contributed by atoms with E-state index < -0.39 is 0 Å². The molecule has 3 rings (SSSR count). The number of fused-ring (bicyclic) bond motifs is 1. The number of nitrogens with one attached hydrogen (secondary N) is 1. The number of rotatable bonds is 1. The Bertz CT molecular complexity index is 406. The van der Waals surface area contributed by atoms with Gasteiger partial charge in [-0.3, -0.25) is 0 Å². The first-order chi connectivity index (χ1) is 8.34. The zero-order chi connectivity index (χ0) is 11.7. The van der Waals surface area contributed by atoms with E-state index in [1.54, 1.807) is 0 Å². The van der Waals surface area contributed by atoms with Crippen molar-refractivity contribution in [2.24, 2.45) is 0 Å². The van der Waals surface area contributed by atoms with Crippen LogP contribution in [0.5, 0.6) is 0 Å². The number of hydrogen-bond donors (Lipinski definition) is 1. The second kappa shape index (κ2) is 4.99. The zero-order valence-corrected chi connectivity index (χ0v) is 11.0. The van der Waals surface area contributed by atoms with E-state index in [0.717, 1.165) is 11.6 Å². The van der Waals surface area contributed by atoms with E-state index in [2.05, 4.69) is 17.4 Å². The van der Waals surface area contributed by atoms with Gasteiger partial charge >= 0.3 is 0 Å². The van der Waals surface area contributed by atoms with Crippen molar-refractivity contribution in [1.29, 1.82) is 0 Å². The van der Waals surface area contributed by atoms with E-state index in [0.29, 0.717) is 6.04 Å². The first kappa shape index (κ1) is 11.6. The van der Waals surface area contributed by atoms with E-state index in [9.17, 15) is 0 Å². The topological polar surface area (TPSA) is 12.0 Å². The molecule has 0 aromatic heterocycles. The van der Waals surface area contributed by atoms with Crippen LogP contribution in [0.25, 0.3) is 0 Å². The van der Waals surface area contributed by atoms with Gasteiger partial charge in [-0.15, -0.1) is 0 Å². The molecule has 0 radical (unpaired) electrons. The Morgan fingerprint density at radius 3 is 2.71 bits per heavy atom. The summed E-state index contributed by atoms with van der Waals surface area (Å²) in [6.07, 6.45) is 8.97. The molecule has 0 saturated carbocycles. The van der Waals surface area contributed by atoms with Crippen molar-refractivity contribution in [2.75, 3.05) is 6.54 Å².